The van der Waals surface area contributed by atoms with Gasteiger partial charge in [-0.25, -0.2) is 14.4 Å². The predicted molar refractivity (Wildman–Crippen MR) is 117 cm³/mol. The highest BCUT2D eigenvalue weighted by atomic mass is 16.4. The molecule has 0 aliphatic carbocycles. The van der Waals surface area contributed by atoms with Crippen molar-refractivity contribution in [3.8, 4) is 0 Å². The summed E-state index contributed by atoms with van der Waals surface area (Å²) in [6, 6.07) is 0. The van der Waals surface area contributed by atoms with Crippen molar-refractivity contribution in [2.75, 3.05) is 26.2 Å². The van der Waals surface area contributed by atoms with Crippen molar-refractivity contribution in [1.29, 1.82) is 0 Å². The summed E-state index contributed by atoms with van der Waals surface area (Å²) < 4.78 is -0.441. The fraction of sp³-hybridized carbons (Fsp3) is 0.783. The molecule has 0 saturated carbocycles. The molecule has 30 heavy (non-hydrogen) atoms. The molecule has 7 heteroatoms. The lowest BCUT2D eigenvalue weighted by atomic mass is 10.1. The Kier molecular flexibility index (Phi) is 16.8. The molecule has 0 saturated heterocycles. The molecule has 0 bridgehead atoms. The van der Waals surface area contributed by atoms with Gasteiger partial charge in [-0.3, -0.25) is 4.48 Å². The predicted octanol–water partition coefficient (Wildman–Crippen LogP) is 4.70. The van der Waals surface area contributed by atoms with Crippen molar-refractivity contribution >= 4 is 17.9 Å². The minimum atomic E-state index is -1.17. The van der Waals surface area contributed by atoms with E-state index in [1.165, 1.54) is 38.5 Å². The lowest BCUT2D eigenvalue weighted by Crippen LogP contribution is -2.57. The molecule has 0 unspecified atom stereocenters. The zero-order valence-electron chi connectivity index (χ0n) is 18.7. The van der Waals surface area contributed by atoms with Crippen LogP contribution in [0.5, 0.6) is 0 Å². The van der Waals surface area contributed by atoms with Crippen LogP contribution in [-0.2, 0) is 14.4 Å². The first-order valence-corrected chi connectivity index (χ1v) is 11.5. The van der Waals surface area contributed by atoms with Gasteiger partial charge in [0.2, 0.25) is 0 Å². The van der Waals surface area contributed by atoms with Crippen LogP contribution in [0.2, 0.25) is 0 Å². The molecule has 0 rings (SSSR count). The second-order valence-electron chi connectivity index (χ2n) is 8.31. The van der Waals surface area contributed by atoms with Crippen LogP contribution in [0.3, 0.4) is 0 Å². The lowest BCUT2D eigenvalue weighted by molar-refractivity contribution is -0.907. The van der Waals surface area contributed by atoms with Crippen molar-refractivity contribution in [3.05, 3.63) is 12.2 Å². The molecular weight excluding hydrogens is 386 g/mol. The van der Waals surface area contributed by atoms with E-state index < -0.39 is 42.0 Å². The SMILES string of the molecule is CCCCCCC/C=C/CCCCCCCC[N+](CC(=O)O)(CC(=O)O)CC(=O)O. The molecule has 174 valence electrons. The molecule has 0 fully saturated rings. The van der Waals surface area contributed by atoms with E-state index in [0.717, 1.165) is 38.5 Å². The van der Waals surface area contributed by atoms with Crippen LogP contribution in [0.1, 0.15) is 90.4 Å². The van der Waals surface area contributed by atoms with Gasteiger partial charge in [0.05, 0.1) is 6.54 Å². The molecule has 0 spiro atoms. The number of aliphatic carboxylic acids is 3. The standard InChI is InChI=1S/C23H41NO6/c1-2-3-4-5-6-7-8-9-10-11-12-13-14-15-16-17-24(18-21(25)26,19-22(27)28)20-23(29)30/h8-9H,2-7,10-20H2,1H3,(H2-,25,26,27,28,29,30)/p+1/b9-8+. The molecule has 0 aromatic carbocycles. The van der Waals surface area contributed by atoms with E-state index >= 15 is 0 Å². The van der Waals surface area contributed by atoms with Crippen molar-refractivity contribution in [2.24, 2.45) is 0 Å². The van der Waals surface area contributed by atoms with Crippen LogP contribution in [0.25, 0.3) is 0 Å². The summed E-state index contributed by atoms with van der Waals surface area (Å²) in [7, 11) is 0. The van der Waals surface area contributed by atoms with Gasteiger partial charge in [0.1, 0.15) is 0 Å². The maximum atomic E-state index is 11.1. The summed E-state index contributed by atoms with van der Waals surface area (Å²) in [5.41, 5.74) is 0. The van der Waals surface area contributed by atoms with Crippen LogP contribution in [0.4, 0.5) is 0 Å². The van der Waals surface area contributed by atoms with Gasteiger partial charge in [0.15, 0.2) is 19.6 Å². The van der Waals surface area contributed by atoms with Crippen LogP contribution in [-0.4, -0.2) is 63.9 Å². The highest BCUT2D eigenvalue weighted by Crippen LogP contribution is 2.14. The van der Waals surface area contributed by atoms with Crippen LogP contribution >= 0.6 is 0 Å². The molecule has 0 heterocycles. The number of hydrogen-bond donors (Lipinski definition) is 3. The van der Waals surface area contributed by atoms with Gasteiger partial charge in [-0.05, 0) is 38.5 Å². The third-order valence-corrected chi connectivity index (χ3v) is 5.31. The van der Waals surface area contributed by atoms with Crippen LogP contribution in [0.15, 0.2) is 12.2 Å². The van der Waals surface area contributed by atoms with Crippen molar-refractivity contribution in [3.63, 3.8) is 0 Å². The minimum absolute atomic E-state index is 0.256. The normalized spacial score (nSPS) is 11.8. The Labute approximate surface area is 181 Å². The molecule has 7 nitrogen and oxygen atoms in total. The summed E-state index contributed by atoms with van der Waals surface area (Å²) >= 11 is 0. The molecule has 0 aromatic heterocycles. The zero-order chi connectivity index (χ0) is 22.7. The van der Waals surface area contributed by atoms with Gasteiger partial charge in [-0.15, -0.1) is 0 Å². The van der Waals surface area contributed by atoms with Gasteiger partial charge in [0.25, 0.3) is 0 Å². The maximum absolute atomic E-state index is 11.1. The molecule has 0 aliphatic heterocycles. The van der Waals surface area contributed by atoms with Crippen molar-refractivity contribution in [1.82, 2.24) is 0 Å². The first-order valence-electron chi connectivity index (χ1n) is 11.5. The summed E-state index contributed by atoms with van der Waals surface area (Å²) in [5.74, 6) is -3.52. The van der Waals surface area contributed by atoms with Crippen molar-refractivity contribution in [2.45, 2.75) is 90.4 Å². The highest BCUT2D eigenvalue weighted by molar-refractivity contribution is 5.73. The second kappa shape index (κ2) is 17.9. The minimum Gasteiger partial charge on any atom is -0.477 e. The molecule has 0 radical (unpaired) electrons. The van der Waals surface area contributed by atoms with Gasteiger partial charge < -0.3 is 15.3 Å². The maximum Gasteiger partial charge on any atom is 0.359 e. The number of hydrogen-bond acceptors (Lipinski definition) is 3. The average molecular weight is 429 g/mol. The number of allylic oxidation sites excluding steroid dienone is 2. The van der Waals surface area contributed by atoms with E-state index in [0.29, 0.717) is 6.42 Å². The largest absolute Gasteiger partial charge is 0.477 e. The van der Waals surface area contributed by atoms with Gasteiger partial charge in [0, 0.05) is 0 Å². The summed E-state index contributed by atoms with van der Waals surface area (Å²) in [5, 5.41) is 27.3. The number of carboxylic acid groups (broad SMARTS) is 3. The van der Waals surface area contributed by atoms with E-state index in [2.05, 4.69) is 19.1 Å². The number of unbranched alkanes of at least 4 members (excludes halogenated alkanes) is 11. The van der Waals surface area contributed by atoms with Gasteiger partial charge in [-0.2, -0.15) is 0 Å². The molecular formula is C23H42NO6+. The highest BCUT2D eigenvalue weighted by Gasteiger charge is 2.35. The molecule has 0 amide bonds. The number of nitrogens with zero attached hydrogens (tertiary/aromatic N) is 1. The van der Waals surface area contributed by atoms with E-state index in [-0.39, 0.29) is 6.54 Å². The van der Waals surface area contributed by atoms with Crippen molar-refractivity contribution < 1.29 is 34.2 Å². The van der Waals surface area contributed by atoms with E-state index in [9.17, 15) is 14.4 Å². The number of rotatable bonds is 21. The first-order chi connectivity index (χ1) is 14.3. The molecule has 0 aliphatic rings. The first kappa shape index (κ1) is 28.1. The fourth-order valence-electron chi connectivity index (χ4n) is 3.78. The van der Waals surface area contributed by atoms with E-state index in [4.69, 9.17) is 15.3 Å². The average Bonchev–Trinajstić information content (AvgIpc) is 2.63. The zero-order valence-corrected chi connectivity index (χ0v) is 18.7. The Morgan fingerprint density at radius 3 is 1.37 bits per heavy atom. The summed E-state index contributed by atoms with van der Waals surface area (Å²) in [4.78, 5) is 33.4. The Balaban J connectivity index is 3.97. The van der Waals surface area contributed by atoms with Crippen LogP contribution < -0.4 is 0 Å². The van der Waals surface area contributed by atoms with E-state index in [1.807, 2.05) is 0 Å². The van der Waals surface area contributed by atoms with Gasteiger partial charge >= 0.3 is 17.9 Å². The van der Waals surface area contributed by atoms with Crippen LogP contribution in [0, 0.1) is 0 Å². The topological polar surface area (TPSA) is 112 Å². The third-order valence-electron chi connectivity index (χ3n) is 5.31. The number of carbonyl (C=O) groups is 3. The Morgan fingerprint density at radius 1 is 0.600 bits per heavy atom. The summed E-state index contributed by atoms with van der Waals surface area (Å²) in [6.07, 6.45) is 19.3. The summed E-state index contributed by atoms with van der Waals surface area (Å²) in [6.45, 7) is 1.03. The number of quaternary nitrogens is 1. The smallest absolute Gasteiger partial charge is 0.359 e. The lowest BCUT2D eigenvalue weighted by Gasteiger charge is -2.34. The molecule has 3 N–H and O–H groups in total. The molecule has 0 aromatic rings. The monoisotopic (exact) mass is 428 g/mol. The quantitative estimate of drug-likeness (QED) is 0.139. The van der Waals surface area contributed by atoms with E-state index in [1.54, 1.807) is 0 Å². The fourth-order valence-corrected chi connectivity index (χ4v) is 3.78. The molecule has 0 atom stereocenters. The Bertz CT molecular complexity index is 477. The van der Waals surface area contributed by atoms with Gasteiger partial charge in [-0.1, -0.05) is 64.0 Å². The third kappa shape index (κ3) is 17.0. The Hall–Kier alpha value is -1.89. The Morgan fingerprint density at radius 2 is 0.967 bits per heavy atom. The number of carboxylic acids is 3. The second-order valence-corrected chi connectivity index (χ2v) is 8.31.